The van der Waals surface area contributed by atoms with Crippen molar-refractivity contribution in [3.8, 4) is 11.5 Å². The molecule has 36 heavy (non-hydrogen) atoms. The van der Waals surface area contributed by atoms with Crippen LogP contribution in [-0.2, 0) is 16.0 Å². The van der Waals surface area contributed by atoms with Gasteiger partial charge in [-0.2, -0.15) is 0 Å². The topological polar surface area (TPSA) is 76.2 Å². The maximum absolute atomic E-state index is 13.2. The minimum Gasteiger partial charge on any atom is -0.486 e. The highest BCUT2D eigenvalue weighted by Crippen LogP contribution is 2.33. The van der Waals surface area contributed by atoms with Crippen LogP contribution in [0.4, 0.5) is 0 Å². The van der Waals surface area contributed by atoms with E-state index in [2.05, 4.69) is 0 Å². The van der Waals surface area contributed by atoms with E-state index in [0.29, 0.717) is 88.6 Å². The molecule has 2 fully saturated rings. The number of fused-ring (bicyclic) bond motifs is 1. The van der Waals surface area contributed by atoms with Gasteiger partial charge >= 0.3 is 0 Å². The smallest absolute Gasteiger partial charge is 0.225 e. The molecule has 2 aromatic rings. The average molecular weight is 491 g/mol. The van der Waals surface area contributed by atoms with E-state index in [1.165, 1.54) is 5.56 Å². The molecular weight excluding hydrogens is 456 g/mol. The van der Waals surface area contributed by atoms with Crippen molar-refractivity contribution in [2.45, 2.75) is 38.5 Å². The van der Waals surface area contributed by atoms with Crippen molar-refractivity contribution in [3.63, 3.8) is 0 Å². The third-order valence-corrected chi connectivity index (χ3v) is 7.67. The van der Waals surface area contributed by atoms with Crippen molar-refractivity contribution in [2.75, 3.05) is 39.4 Å². The lowest BCUT2D eigenvalue weighted by atomic mass is 9.87. The molecule has 0 aromatic heterocycles. The van der Waals surface area contributed by atoms with Gasteiger partial charge in [0.05, 0.1) is 0 Å². The summed E-state index contributed by atoms with van der Waals surface area (Å²) in [5.74, 6) is 1.65. The summed E-state index contributed by atoms with van der Waals surface area (Å²) in [5, 5.41) is 0. The predicted molar refractivity (Wildman–Crippen MR) is 135 cm³/mol. The summed E-state index contributed by atoms with van der Waals surface area (Å²) in [5.41, 5.74) is 1.82. The number of carbonyl (C=O) groups is 3. The predicted octanol–water partition coefficient (Wildman–Crippen LogP) is 3.75. The van der Waals surface area contributed by atoms with Gasteiger partial charge < -0.3 is 19.3 Å². The number of nitrogens with zero attached hydrogens (tertiary/aromatic N) is 2. The fourth-order valence-corrected chi connectivity index (χ4v) is 5.48. The zero-order chi connectivity index (χ0) is 24.9. The molecule has 3 heterocycles. The van der Waals surface area contributed by atoms with Crippen LogP contribution >= 0.6 is 0 Å². The maximum Gasteiger partial charge on any atom is 0.225 e. The van der Waals surface area contributed by atoms with Crippen LogP contribution in [0.25, 0.3) is 0 Å². The lowest BCUT2D eigenvalue weighted by Gasteiger charge is -2.37. The van der Waals surface area contributed by atoms with Crippen molar-refractivity contribution in [2.24, 2.45) is 11.8 Å². The van der Waals surface area contributed by atoms with Gasteiger partial charge in [-0.05, 0) is 55.9 Å². The number of Topliss-reactive ketones (excluding diaryl/α,β-unsaturated/α-hetero) is 1. The van der Waals surface area contributed by atoms with E-state index < -0.39 is 0 Å². The summed E-state index contributed by atoms with van der Waals surface area (Å²) in [6, 6.07) is 15.5. The van der Waals surface area contributed by atoms with Gasteiger partial charge in [-0.3, -0.25) is 14.4 Å². The minimum absolute atomic E-state index is 0.0341. The number of carbonyl (C=O) groups excluding carboxylic acids is 3. The van der Waals surface area contributed by atoms with Crippen LogP contribution in [0.3, 0.4) is 0 Å². The van der Waals surface area contributed by atoms with Crippen molar-refractivity contribution in [3.05, 3.63) is 59.7 Å². The Morgan fingerprint density at radius 3 is 2.11 bits per heavy atom. The van der Waals surface area contributed by atoms with E-state index in [-0.39, 0.29) is 29.4 Å². The van der Waals surface area contributed by atoms with E-state index in [1.807, 2.05) is 46.2 Å². The highest BCUT2D eigenvalue weighted by atomic mass is 16.6. The Labute approximate surface area is 212 Å². The second kappa shape index (κ2) is 11.1. The Morgan fingerprint density at radius 1 is 0.750 bits per heavy atom. The monoisotopic (exact) mass is 490 g/mol. The first kappa shape index (κ1) is 24.3. The Kier molecular flexibility index (Phi) is 7.54. The Bertz CT molecular complexity index is 1090. The zero-order valence-electron chi connectivity index (χ0n) is 20.7. The van der Waals surface area contributed by atoms with Gasteiger partial charge in [0.15, 0.2) is 17.3 Å². The molecule has 0 bridgehead atoms. The molecule has 0 aliphatic carbocycles. The fourth-order valence-electron chi connectivity index (χ4n) is 5.48. The molecule has 5 rings (SSSR count). The van der Waals surface area contributed by atoms with Gasteiger partial charge in [0.25, 0.3) is 0 Å². The first-order chi connectivity index (χ1) is 17.6. The molecule has 2 saturated heterocycles. The average Bonchev–Trinajstić information content (AvgIpc) is 2.95. The fraction of sp³-hybridized carbons (Fsp3) is 0.483. The van der Waals surface area contributed by atoms with Gasteiger partial charge in [0, 0.05) is 50.0 Å². The molecule has 0 unspecified atom stereocenters. The van der Waals surface area contributed by atoms with Crippen molar-refractivity contribution >= 4 is 17.6 Å². The molecule has 3 aliphatic rings. The number of likely N-dealkylation sites (tertiary alicyclic amines) is 2. The first-order valence-electron chi connectivity index (χ1n) is 13.1. The second-order valence-electron chi connectivity index (χ2n) is 9.96. The third kappa shape index (κ3) is 5.55. The molecule has 190 valence electrons. The summed E-state index contributed by atoms with van der Waals surface area (Å²) in [4.78, 5) is 42.7. The van der Waals surface area contributed by atoms with Gasteiger partial charge in [-0.1, -0.05) is 30.3 Å². The summed E-state index contributed by atoms with van der Waals surface area (Å²) >= 11 is 0. The number of hydrogen-bond acceptors (Lipinski definition) is 5. The largest absolute Gasteiger partial charge is 0.486 e. The van der Waals surface area contributed by atoms with Crippen molar-refractivity contribution in [1.82, 2.24) is 9.80 Å². The van der Waals surface area contributed by atoms with E-state index in [9.17, 15) is 14.4 Å². The number of ether oxygens (including phenoxy) is 2. The Hall–Kier alpha value is -3.35. The Morgan fingerprint density at radius 2 is 1.39 bits per heavy atom. The molecule has 0 atom stereocenters. The summed E-state index contributed by atoms with van der Waals surface area (Å²) in [7, 11) is 0. The molecule has 2 aromatic carbocycles. The highest BCUT2D eigenvalue weighted by Gasteiger charge is 2.34. The van der Waals surface area contributed by atoms with Crippen LogP contribution in [0.1, 0.15) is 48.0 Å². The Balaban J connectivity index is 1.06. The van der Waals surface area contributed by atoms with E-state index >= 15 is 0 Å². The van der Waals surface area contributed by atoms with Crippen LogP contribution in [-0.4, -0.2) is 66.8 Å². The van der Waals surface area contributed by atoms with Crippen LogP contribution in [0.2, 0.25) is 0 Å². The second-order valence-corrected chi connectivity index (χ2v) is 9.96. The van der Waals surface area contributed by atoms with Gasteiger partial charge in [-0.25, -0.2) is 0 Å². The summed E-state index contributed by atoms with van der Waals surface area (Å²) in [6.45, 7) is 3.51. The quantitative estimate of drug-likeness (QED) is 0.577. The van der Waals surface area contributed by atoms with E-state index in [1.54, 1.807) is 12.1 Å². The van der Waals surface area contributed by atoms with E-state index in [4.69, 9.17) is 9.47 Å². The van der Waals surface area contributed by atoms with Gasteiger partial charge in [-0.15, -0.1) is 0 Å². The van der Waals surface area contributed by atoms with Crippen LogP contribution in [0.15, 0.2) is 48.5 Å². The molecule has 0 radical (unpaired) electrons. The number of amides is 2. The molecule has 3 aliphatic heterocycles. The lowest BCUT2D eigenvalue weighted by Crippen LogP contribution is -2.47. The molecular formula is C29H34N2O5. The molecule has 7 nitrogen and oxygen atoms in total. The number of rotatable bonds is 6. The summed E-state index contributed by atoms with van der Waals surface area (Å²) in [6.07, 6.45) is 4.04. The van der Waals surface area contributed by atoms with E-state index in [0.717, 1.165) is 6.42 Å². The SMILES string of the molecule is O=C(c1ccc2c(c1)OCCO2)C1CCN(C(=O)C2CCN(C(=O)CCc3ccccc3)CC2)CC1. The van der Waals surface area contributed by atoms with Crippen molar-refractivity contribution in [1.29, 1.82) is 0 Å². The molecule has 0 N–H and O–H groups in total. The summed E-state index contributed by atoms with van der Waals surface area (Å²) < 4.78 is 11.2. The number of ketones is 1. The van der Waals surface area contributed by atoms with Gasteiger partial charge in [0.2, 0.25) is 11.8 Å². The van der Waals surface area contributed by atoms with Gasteiger partial charge in [0.1, 0.15) is 13.2 Å². The number of hydrogen-bond donors (Lipinski definition) is 0. The van der Waals surface area contributed by atoms with Crippen molar-refractivity contribution < 1.29 is 23.9 Å². The molecule has 0 saturated carbocycles. The van der Waals surface area contributed by atoms with Crippen LogP contribution < -0.4 is 9.47 Å². The number of aryl methyl sites for hydroxylation is 1. The lowest BCUT2D eigenvalue weighted by molar-refractivity contribution is -0.141. The maximum atomic E-state index is 13.2. The third-order valence-electron chi connectivity index (χ3n) is 7.67. The normalized spacial score (nSPS) is 18.7. The number of piperidine rings is 2. The molecule has 2 amide bonds. The molecule has 0 spiro atoms. The first-order valence-corrected chi connectivity index (χ1v) is 13.1. The standard InChI is InChI=1S/C29H34N2O5/c32-27(9-6-21-4-2-1-3-5-21)30-14-12-23(13-15-30)29(34)31-16-10-22(11-17-31)28(33)24-7-8-25-26(20-24)36-19-18-35-25/h1-5,7-8,20,22-23H,6,9-19H2. The van der Waals surface area contributed by atoms with Crippen LogP contribution in [0, 0.1) is 11.8 Å². The van der Waals surface area contributed by atoms with Crippen LogP contribution in [0.5, 0.6) is 11.5 Å². The zero-order valence-corrected chi connectivity index (χ0v) is 20.7. The molecule has 7 heteroatoms. The highest BCUT2D eigenvalue weighted by molar-refractivity contribution is 5.98. The minimum atomic E-state index is -0.0827. The number of benzene rings is 2.